The third kappa shape index (κ3) is 5.04. The largest absolute Gasteiger partial charge is 0.401 e. The molecule has 108 valence electrons. The molecule has 0 saturated carbocycles. The zero-order chi connectivity index (χ0) is 14.6. The molecule has 2 nitrogen and oxygen atoms in total. The summed E-state index contributed by atoms with van der Waals surface area (Å²) in [6.07, 6.45) is -4.51. The zero-order valence-electron chi connectivity index (χ0n) is 9.65. The third-order valence-corrected chi connectivity index (χ3v) is 2.95. The van der Waals surface area contributed by atoms with Gasteiger partial charge in [0.25, 0.3) is 0 Å². The van der Waals surface area contributed by atoms with E-state index in [0.717, 1.165) is 17.0 Å². The highest BCUT2D eigenvalue weighted by molar-refractivity contribution is 9.10. The smallest absolute Gasteiger partial charge is 0.395 e. The van der Waals surface area contributed by atoms with Crippen molar-refractivity contribution in [2.45, 2.75) is 12.7 Å². The molecule has 0 saturated heterocycles. The van der Waals surface area contributed by atoms with Crippen molar-refractivity contribution in [1.29, 1.82) is 0 Å². The predicted molar refractivity (Wildman–Crippen MR) is 62.5 cm³/mol. The first-order chi connectivity index (χ1) is 8.74. The summed E-state index contributed by atoms with van der Waals surface area (Å²) in [5, 5.41) is 8.70. The number of alkyl halides is 3. The van der Waals surface area contributed by atoms with E-state index in [1.165, 1.54) is 0 Å². The van der Waals surface area contributed by atoms with Crippen LogP contribution in [-0.4, -0.2) is 35.9 Å². The lowest BCUT2D eigenvalue weighted by atomic mass is 10.2. The Morgan fingerprint density at radius 1 is 1.21 bits per heavy atom. The first-order valence-corrected chi connectivity index (χ1v) is 6.06. The highest BCUT2D eigenvalue weighted by atomic mass is 79.9. The number of nitrogens with zero attached hydrogens (tertiary/aromatic N) is 1. The van der Waals surface area contributed by atoms with Crippen LogP contribution in [-0.2, 0) is 6.54 Å². The van der Waals surface area contributed by atoms with Crippen LogP contribution in [0.25, 0.3) is 0 Å². The molecule has 1 aromatic carbocycles. The fourth-order valence-electron chi connectivity index (χ4n) is 1.55. The van der Waals surface area contributed by atoms with Crippen molar-refractivity contribution in [2.24, 2.45) is 0 Å². The Morgan fingerprint density at radius 3 is 2.37 bits per heavy atom. The molecule has 0 aromatic heterocycles. The fraction of sp³-hybridized carbons (Fsp3) is 0.455. The molecule has 0 unspecified atom stereocenters. The molecule has 0 aliphatic heterocycles. The molecular formula is C11H11BrF5NO. The minimum atomic E-state index is -4.51. The van der Waals surface area contributed by atoms with E-state index in [4.69, 9.17) is 5.11 Å². The maximum absolute atomic E-state index is 13.6. The number of rotatable bonds is 5. The molecule has 0 radical (unpaired) electrons. The van der Waals surface area contributed by atoms with E-state index in [1.54, 1.807) is 0 Å². The Labute approximate surface area is 115 Å². The molecule has 0 heterocycles. The molecule has 0 aliphatic rings. The fourth-order valence-corrected chi connectivity index (χ4v) is 1.92. The normalized spacial score (nSPS) is 12.2. The van der Waals surface area contributed by atoms with Gasteiger partial charge >= 0.3 is 6.18 Å². The summed E-state index contributed by atoms with van der Waals surface area (Å²) in [5.41, 5.74) is -0.466. The van der Waals surface area contributed by atoms with E-state index < -0.39 is 43.1 Å². The van der Waals surface area contributed by atoms with E-state index >= 15 is 0 Å². The van der Waals surface area contributed by atoms with E-state index in [9.17, 15) is 22.0 Å². The van der Waals surface area contributed by atoms with Crippen LogP contribution in [0.1, 0.15) is 5.56 Å². The number of aliphatic hydroxyl groups is 1. The van der Waals surface area contributed by atoms with E-state index in [-0.39, 0.29) is 11.0 Å². The monoisotopic (exact) mass is 347 g/mol. The molecule has 0 bridgehead atoms. The highest BCUT2D eigenvalue weighted by Gasteiger charge is 2.31. The SMILES string of the molecule is OCCN(Cc1c(F)ccc(Br)c1F)CC(F)(F)F. The molecule has 1 rings (SSSR count). The van der Waals surface area contributed by atoms with Crippen LogP contribution in [0.2, 0.25) is 0 Å². The lowest BCUT2D eigenvalue weighted by Gasteiger charge is -2.23. The van der Waals surface area contributed by atoms with E-state index in [1.807, 2.05) is 0 Å². The van der Waals surface area contributed by atoms with Gasteiger partial charge in [-0.05, 0) is 28.1 Å². The van der Waals surface area contributed by atoms with Gasteiger partial charge in [-0.3, -0.25) is 4.90 Å². The molecule has 0 fully saturated rings. The predicted octanol–water partition coefficient (Wildman–Crippen LogP) is 3.08. The Hall–Kier alpha value is -0.730. The summed E-state index contributed by atoms with van der Waals surface area (Å²) in [7, 11) is 0. The van der Waals surface area contributed by atoms with Gasteiger partial charge in [-0.25, -0.2) is 8.78 Å². The van der Waals surface area contributed by atoms with Gasteiger partial charge in [0, 0.05) is 18.7 Å². The molecule has 0 aliphatic carbocycles. The first-order valence-electron chi connectivity index (χ1n) is 5.27. The van der Waals surface area contributed by atoms with Crippen LogP contribution >= 0.6 is 15.9 Å². The standard InChI is InChI=1S/C11H11BrF5NO/c12-8-1-2-9(13)7(10(8)14)5-18(3-4-19)6-11(15,16)17/h1-2,19H,3-6H2. The average Bonchev–Trinajstić information content (AvgIpc) is 2.28. The minimum Gasteiger partial charge on any atom is -0.395 e. The second kappa shape index (κ2) is 6.62. The molecule has 0 amide bonds. The van der Waals surface area contributed by atoms with Gasteiger partial charge in [-0.2, -0.15) is 13.2 Å². The first kappa shape index (κ1) is 16.3. The van der Waals surface area contributed by atoms with Gasteiger partial charge in [0.15, 0.2) is 0 Å². The number of benzene rings is 1. The van der Waals surface area contributed by atoms with Crippen molar-refractivity contribution in [3.8, 4) is 0 Å². The van der Waals surface area contributed by atoms with Crippen LogP contribution in [0.15, 0.2) is 16.6 Å². The molecule has 19 heavy (non-hydrogen) atoms. The van der Waals surface area contributed by atoms with Gasteiger partial charge in [0.05, 0.1) is 17.6 Å². The van der Waals surface area contributed by atoms with Gasteiger partial charge in [0.1, 0.15) is 11.6 Å². The van der Waals surface area contributed by atoms with Crippen molar-refractivity contribution in [3.63, 3.8) is 0 Å². The van der Waals surface area contributed by atoms with E-state index in [2.05, 4.69) is 15.9 Å². The third-order valence-electron chi connectivity index (χ3n) is 2.34. The molecule has 8 heteroatoms. The summed E-state index contributed by atoms with van der Waals surface area (Å²) in [6, 6.07) is 2.10. The minimum absolute atomic E-state index is 0.0279. The Kier molecular flexibility index (Phi) is 5.69. The van der Waals surface area contributed by atoms with Crippen molar-refractivity contribution in [2.75, 3.05) is 19.7 Å². The maximum atomic E-state index is 13.6. The Balaban J connectivity index is 2.93. The van der Waals surface area contributed by atoms with Gasteiger partial charge in [-0.1, -0.05) is 0 Å². The summed E-state index contributed by atoms with van der Waals surface area (Å²) in [4.78, 5) is 0.730. The van der Waals surface area contributed by atoms with Crippen molar-refractivity contribution in [3.05, 3.63) is 33.8 Å². The highest BCUT2D eigenvalue weighted by Crippen LogP contribution is 2.24. The lowest BCUT2D eigenvalue weighted by molar-refractivity contribution is -0.148. The van der Waals surface area contributed by atoms with Gasteiger partial charge < -0.3 is 5.11 Å². The second-order valence-electron chi connectivity index (χ2n) is 3.87. The Bertz CT molecular complexity index is 438. The molecule has 0 atom stereocenters. The molecule has 1 N–H and O–H groups in total. The van der Waals surface area contributed by atoms with Gasteiger partial charge in [-0.15, -0.1) is 0 Å². The van der Waals surface area contributed by atoms with Gasteiger partial charge in [0.2, 0.25) is 0 Å². The summed E-state index contributed by atoms with van der Waals surface area (Å²) in [6.45, 7) is -2.78. The molecule has 0 spiro atoms. The van der Waals surface area contributed by atoms with Crippen LogP contribution < -0.4 is 0 Å². The number of hydrogen-bond donors (Lipinski definition) is 1. The topological polar surface area (TPSA) is 23.5 Å². The van der Waals surface area contributed by atoms with Crippen molar-refractivity contribution >= 4 is 15.9 Å². The summed E-state index contributed by atoms with van der Waals surface area (Å²) >= 11 is 2.84. The maximum Gasteiger partial charge on any atom is 0.401 e. The number of halogens is 6. The van der Waals surface area contributed by atoms with Crippen LogP contribution in [0, 0.1) is 11.6 Å². The average molecular weight is 348 g/mol. The van der Waals surface area contributed by atoms with Crippen LogP contribution in [0.5, 0.6) is 0 Å². The molecular weight excluding hydrogens is 337 g/mol. The number of aliphatic hydroxyl groups excluding tert-OH is 1. The quantitative estimate of drug-likeness (QED) is 0.653. The van der Waals surface area contributed by atoms with Crippen molar-refractivity contribution in [1.82, 2.24) is 4.90 Å². The lowest BCUT2D eigenvalue weighted by Crippen LogP contribution is -2.36. The molecule has 1 aromatic rings. The summed E-state index contributed by atoms with van der Waals surface area (Å²) in [5.74, 6) is -1.86. The van der Waals surface area contributed by atoms with E-state index in [0.29, 0.717) is 0 Å². The Morgan fingerprint density at radius 2 is 1.84 bits per heavy atom. The van der Waals surface area contributed by atoms with Crippen LogP contribution in [0.4, 0.5) is 22.0 Å². The van der Waals surface area contributed by atoms with Crippen molar-refractivity contribution < 1.29 is 27.1 Å². The van der Waals surface area contributed by atoms with Crippen LogP contribution in [0.3, 0.4) is 0 Å². The summed E-state index contributed by atoms with van der Waals surface area (Å²) < 4.78 is 63.9. The second-order valence-corrected chi connectivity index (χ2v) is 4.73. The zero-order valence-corrected chi connectivity index (χ0v) is 11.2. The number of hydrogen-bond acceptors (Lipinski definition) is 2.